The Morgan fingerprint density at radius 3 is 2.54 bits per heavy atom. The minimum absolute atomic E-state index is 0.0755. The van der Waals surface area contributed by atoms with Gasteiger partial charge in [-0.15, -0.1) is 0 Å². The van der Waals surface area contributed by atoms with Crippen LogP contribution in [0.3, 0.4) is 0 Å². The van der Waals surface area contributed by atoms with Gasteiger partial charge in [-0.3, -0.25) is 0 Å². The molecule has 1 aromatic carbocycles. The van der Waals surface area contributed by atoms with Crippen molar-refractivity contribution in [2.45, 2.75) is 13.8 Å². The summed E-state index contributed by atoms with van der Waals surface area (Å²) in [6.45, 7) is 3.25. The minimum atomic E-state index is -0.508. The second-order valence-corrected chi connectivity index (χ2v) is 3.21. The summed E-state index contributed by atoms with van der Waals surface area (Å²) in [5, 5.41) is 0.455. The lowest BCUT2D eigenvalue weighted by Gasteiger charge is -1.99. The van der Waals surface area contributed by atoms with Gasteiger partial charge in [0.2, 0.25) is 0 Å². The second kappa shape index (κ2) is 2.55. The van der Waals surface area contributed by atoms with E-state index in [1.807, 2.05) is 6.92 Å². The van der Waals surface area contributed by atoms with Gasteiger partial charge in [-0.1, -0.05) is 0 Å². The number of halogens is 2. The van der Waals surface area contributed by atoms with Crippen molar-refractivity contribution in [3.05, 3.63) is 35.0 Å². The van der Waals surface area contributed by atoms with Gasteiger partial charge in [-0.05, 0) is 26.0 Å². The fraction of sp³-hybridized carbons (Fsp3) is 0.200. The highest BCUT2D eigenvalue weighted by Crippen LogP contribution is 2.23. The summed E-state index contributed by atoms with van der Waals surface area (Å²) in [5.41, 5.74) is 1.42. The lowest BCUT2D eigenvalue weighted by molar-refractivity contribution is 0.577. The Kier molecular flexibility index (Phi) is 1.62. The third-order valence-corrected chi connectivity index (χ3v) is 2.18. The predicted octanol–water partition coefficient (Wildman–Crippen LogP) is 3.06. The smallest absolute Gasteiger partial charge is 0.138 e. The van der Waals surface area contributed by atoms with Crippen LogP contribution in [-0.2, 0) is 0 Å². The summed E-state index contributed by atoms with van der Waals surface area (Å²) in [6.07, 6.45) is 0. The van der Waals surface area contributed by atoms with Gasteiger partial charge in [0.05, 0.1) is 5.52 Å². The average molecular weight is 181 g/mol. The lowest BCUT2D eigenvalue weighted by atomic mass is 10.1. The lowest BCUT2D eigenvalue weighted by Crippen LogP contribution is -1.88. The zero-order valence-electron chi connectivity index (χ0n) is 7.41. The average Bonchev–Trinajstić information content (AvgIpc) is 2.42. The number of benzene rings is 1. The molecule has 3 heteroatoms. The van der Waals surface area contributed by atoms with Crippen molar-refractivity contribution in [3.8, 4) is 0 Å². The van der Waals surface area contributed by atoms with E-state index in [0.717, 1.165) is 5.69 Å². The summed E-state index contributed by atoms with van der Waals surface area (Å²) >= 11 is 0. The number of nitrogens with one attached hydrogen (secondary N) is 1. The quantitative estimate of drug-likeness (QED) is 0.642. The normalized spacial score (nSPS) is 11.1. The molecule has 0 amide bonds. The molecule has 0 saturated carbocycles. The van der Waals surface area contributed by atoms with E-state index in [1.54, 1.807) is 6.07 Å². The van der Waals surface area contributed by atoms with Crippen LogP contribution in [-0.4, -0.2) is 4.98 Å². The van der Waals surface area contributed by atoms with Crippen LogP contribution in [0, 0.1) is 25.5 Å². The Hall–Kier alpha value is -1.38. The van der Waals surface area contributed by atoms with Crippen LogP contribution in [0.2, 0.25) is 0 Å². The summed E-state index contributed by atoms with van der Waals surface area (Å²) in [7, 11) is 0. The molecule has 1 aromatic heterocycles. The third-order valence-electron chi connectivity index (χ3n) is 2.18. The Morgan fingerprint density at radius 1 is 1.15 bits per heavy atom. The zero-order valence-corrected chi connectivity index (χ0v) is 7.41. The van der Waals surface area contributed by atoms with Crippen LogP contribution < -0.4 is 0 Å². The van der Waals surface area contributed by atoms with Gasteiger partial charge in [0.15, 0.2) is 0 Å². The topological polar surface area (TPSA) is 15.8 Å². The van der Waals surface area contributed by atoms with Crippen molar-refractivity contribution >= 4 is 10.9 Å². The fourth-order valence-corrected chi connectivity index (χ4v) is 1.45. The van der Waals surface area contributed by atoms with E-state index in [9.17, 15) is 8.78 Å². The number of hydrogen-bond acceptors (Lipinski definition) is 0. The minimum Gasteiger partial charge on any atom is -0.358 e. The monoisotopic (exact) mass is 181 g/mol. The van der Waals surface area contributed by atoms with Crippen molar-refractivity contribution in [1.82, 2.24) is 4.98 Å². The second-order valence-electron chi connectivity index (χ2n) is 3.21. The molecule has 2 aromatic rings. The third kappa shape index (κ3) is 1.11. The summed E-state index contributed by atoms with van der Waals surface area (Å²) < 4.78 is 26.5. The van der Waals surface area contributed by atoms with Crippen LogP contribution in [0.15, 0.2) is 12.1 Å². The molecule has 1 N–H and O–H groups in total. The van der Waals surface area contributed by atoms with E-state index in [4.69, 9.17) is 0 Å². The first-order chi connectivity index (χ1) is 6.09. The Bertz CT molecular complexity index is 471. The van der Waals surface area contributed by atoms with E-state index in [0.29, 0.717) is 10.9 Å². The number of fused-ring (bicyclic) bond motifs is 1. The van der Waals surface area contributed by atoms with Crippen LogP contribution >= 0.6 is 0 Å². The summed E-state index contributed by atoms with van der Waals surface area (Å²) in [6, 6.07) is 3.00. The van der Waals surface area contributed by atoms with E-state index in [2.05, 4.69) is 4.98 Å². The SMILES string of the molecule is Cc1cc2c(F)c(C)c(F)cc2[nH]1. The van der Waals surface area contributed by atoms with Gasteiger partial charge in [-0.25, -0.2) is 8.78 Å². The van der Waals surface area contributed by atoms with Gasteiger partial charge in [0.25, 0.3) is 0 Å². The number of aromatic nitrogens is 1. The van der Waals surface area contributed by atoms with Crippen LogP contribution in [0.4, 0.5) is 8.78 Å². The molecule has 68 valence electrons. The van der Waals surface area contributed by atoms with Gasteiger partial charge in [0.1, 0.15) is 11.6 Å². The van der Waals surface area contributed by atoms with Gasteiger partial charge >= 0.3 is 0 Å². The number of rotatable bonds is 0. The highest BCUT2D eigenvalue weighted by atomic mass is 19.1. The molecule has 0 spiro atoms. The molecule has 0 aliphatic rings. The van der Waals surface area contributed by atoms with E-state index < -0.39 is 11.6 Å². The molecular formula is C10H9F2N. The van der Waals surface area contributed by atoms with Crippen molar-refractivity contribution in [1.29, 1.82) is 0 Å². The molecule has 0 aliphatic carbocycles. The van der Waals surface area contributed by atoms with Crippen LogP contribution in [0.5, 0.6) is 0 Å². The summed E-state index contributed by atoms with van der Waals surface area (Å²) in [5.74, 6) is -0.980. The number of hydrogen-bond donors (Lipinski definition) is 1. The molecule has 0 saturated heterocycles. The fourth-order valence-electron chi connectivity index (χ4n) is 1.45. The first-order valence-electron chi connectivity index (χ1n) is 4.03. The number of H-pyrrole nitrogens is 1. The summed E-state index contributed by atoms with van der Waals surface area (Å²) in [4.78, 5) is 2.89. The van der Waals surface area contributed by atoms with Crippen LogP contribution in [0.25, 0.3) is 10.9 Å². The highest BCUT2D eigenvalue weighted by molar-refractivity contribution is 5.82. The van der Waals surface area contributed by atoms with Crippen molar-refractivity contribution in [3.63, 3.8) is 0 Å². The Balaban J connectivity index is 2.92. The largest absolute Gasteiger partial charge is 0.358 e. The van der Waals surface area contributed by atoms with Crippen molar-refractivity contribution in [2.75, 3.05) is 0 Å². The zero-order chi connectivity index (χ0) is 9.59. The first-order valence-corrected chi connectivity index (χ1v) is 4.03. The van der Waals surface area contributed by atoms with Crippen molar-refractivity contribution < 1.29 is 8.78 Å². The van der Waals surface area contributed by atoms with E-state index in [-0.39, 0.29) is 5.56 Å². The molecule has 0 bridgehead atoms. The standard InChI is InChI=1S/C10H9F2N/c1-5-3-7-9(13-5)4-8(11)6(2)10(7)12/h3-4,13H,1-2H3. The molecule has 0 fully saturated rings. The Morgan fingerprint density at radius 2 is 1.85 bits per heavy atom. The maximum Gasteiger partial charge on any atom is 0.138 e. The molecule has 1 nitrogen and oxygen atoms in total. The number of aromatic amines is 1. The van der Waals surface area contributed by atoms with Crippen molar-refractivity contribution in [2.24, 2.45) is 0 Å². The highest BCUT2D eigenvalue weighted by Gasteiger charge is 2.10. The maximum absolute atomic E-state index is 13.4. The maximum atomic E-state index is 13.4. The number of aryl methyl sites for hydroxylation is 1. The molecule has 13 heavy (non-hydrogen) atoms. The van der Waals surface area contributed by atoms with Crippen LogP contribution in [0.1, 0.15) is 11.3 Å². The van der Waals surface area contributed by atoms with E-state index in [1.165, 1.54) is 13.0 Å². The Labute approximate surface area is 74.4 Å². The van der Waals surface area contributed by atoms with Gasteiger partial charge in [0, 0.05) is 16.6 Å². The molecule has 2 rings (SSSR count). The predicted molar refractivity (Wildman–Crippen MR) is 47.7 cm³/mol. The molecule has 0 radical (unpaired) electrons. The molecule has 1 heterocycles. The van der Waals surface area contributed by atoms with Gasteiger partial charge < -0.3 is 4.98 Å². The van der Waals surface area contributed by atoms with Gasteiger partial charge in [-0.2, -0.15) is 0 Å². The first kappa shape index (κ1) is 8.23. The molecule has 0 unspecified atom stereocenters. The molecule has 0 atom stereocenters. The molecule has 0 aliphatic heterocycles. The molecular weight excluding hydrogens is 172 g/mol. The van der Waals surface area contributed by atoms with E-state index >= 15 is 0 Å².